The van der Waals surface area contributed by atoms with E-state index in [1.807, 2.05) is 4.90 Å². The van der Waals surface area contributed by atoms with Crippen molar-refractivity contribution in [1.29, 1.82) is 0 Å². The lowest BCUT2D eigenvalue weighted by molar-refractivity contribution is -0.138. The molecule has 0 N–H and O–H groups in total. The van der Waals surface area contributed by atoms with Crippen LogP contribution in [0.3, 0.4) is 0 Å². The summed E-state index contributed by atoms with van der Waals surface area (Å²) < 4.78 is 14.2. The summed E-state index contributed by atoms with van der Waals surface area (Å²) in [7, 11) is 0. The average Bonchev–Trinajstić information content (AvgIpc) is 2.84. The van der Waals surface area contributed by atoms with E-state index >= 15 is 0 Å². The second kappa shape index (κ2) is 6.60. The summed E-state index contributed by atoms with van der Waals surface area (Å²) in [6.07, 6.45) is 5.01. The quantitative estimate of drug-likeness (QED) is 0.807. The zero-order chi connectivity index (χ0) is 17.6. The van der Waals surface area contributed by atoms with Crippen molar-refractivity contribution < 1.29 is 14.0 Å². The molecule has 0 radical (unpaired) electrons. The Morgan fingerprint density at radius 2 is 1.88 bits per heavy atom. The highest BCUT2D eigenvalue weighted by molar-refractivity contribution is 6.30. The molecule has 0 unspecified atom stereocenters. The molecular formula is C19H22ClFN2O2. The fourth-order valence-electron chi connectivity index (χ4n) is 4.24. The van der Waals surface area contributed by atoms with Crippen molar-refractivity contribution in [1.82, 2.24) is 9.80 Å². The molecule has 3 heterocycles. The first kappa shape index (κ1) is 16.8. The fourth-order valence-corrected chi connectivity index (χ4v) is 4.40. The number of fused-ring (bicyclic) bond motifs is 4. The Bertz CT molecular complexity index is 707. The van der Waals surface area contributed by atoms with Crippen molar-refractivity contribution in [3.8, 4) is 0 Å². The molecule has 4 nitrogen and oxygen atoms in total. The number of hydrogen-bond acceptors (Lipinski definition) is 2. The van der Waals surface area contributed by atoms with Crippen LogP contribution in [0.5, 0.6) is 0 Å². The molecule has 1 aromatic carbocycles. The molecule has 0 aromatic heterocycles. The predicted molar refractivity (Wildman–Crippen MR) is 92.9 cm³/mol. The van der Waals surface area contributed by atoms with Crippen LogP contribution in [0.1, 0.15) is 42.5 Å². The van der Waals surface area contributed by atoms with Crippen LogP contribution >= 0.6 is 11.6 Å². The number of piperidine rings is 1. The Morgan fingerprint density at radius 1 is 1.08 bits per heavy atom. The van der Waals surface area contributed by atoms with Gasteiger partial charge in [0.25, 0.3) is 5.91 Å². The second-order valence-corrected chi connectivity index (χ2v) is 7.99. The summed E-state index contributed by atoms with van der Waals surface area (Å²) in [5.41, 5.74) is 0.0637. The minimum absolute atomic E-state index is 0.0228. The zero-order valence-corrected chi connectivity index (χ0v) is 14.8. The van der Waals surface area contributed by atoms with Gasteiger partial charge in [-0.25, -0.2) is 4.39 Å². The topological polar surface area (TPSA) is 40.6 Å². The van der Waals surface area contributed by atoms with Crippen molar-refractivity contribution >= 4 is 23.4 Å². The minimum Gasteiger partial charge on any atom is -0.340 e. The Kier molecular flexibility index (Phi) is 4.44. The number of amides is 2. The minimum atomic E-state index is -0.583. The second-order valence-electron chi connectivity index (χ2n) is 7.55. The van der Waals surface area contributed by atoms with E-state index in [1.165, 1.54) is 12.1 Å². The van der Waals surface area contributed by atoms with Gasteiger partial charge in [0.1, 0.15) is 5.82 Å². The first-order chi connectivity index (χ1) is 12.0. The van der Waals surface area contributed by atoms with Crippen LogP contribution in [0.25, 0.3) is 0 Å². The van der Waals surface area contributed by atoms with Crippen LogP contribution in [-0.2, 0) is 4.79 Å². The van der Waals surface area contributed by atoms with Gasteiger partial charge in [-0.2, -0.15) is 0 Å². The molecule has 2 bridgehead atoms. The Balaban J connectivity index is 1.53. The standard InChI is InChI=1S/C19H22ClFN2O2/c20-14-5-7-16(17(21)8-14)19(25)23-10-12-4-6-15(23)11-22(9-12)18(24)13-2-1-3-13/h5,7-8,12-13,15H,1-4,6,9-11H2/t12-,15+/m0/s1. The normalized spacial score (nSPS) is 26.3. The number of carbonyl (C=O) groups is 2. The van der Waals surface area contributed by atoms with Crippen LogP contribution in [0, 0.1) is 17.7 Å². The van der Waals surface area contributed by atoms with E-state index in [0.717, 1.165) is 38.6 Å². The van der Waals surface area contributed by atoms with Crippen molar-refractivity contribution in [2.75, 3.05) is 19.6 Å². The third-order valence-electron chi connectivity index (χ3n) is 5.90. The third kappa shape index (κ3) is 3.14. The van der Waals surface area contributed by atoms with Gasteiger partial charge in [0.2, 0.25) is 5.91 Å². The molecule has 2 amide bonds. The van der Waals surface area contributed by atoms with Gasteiger partial charge in [-0.3, -0.25) is 9.59 Å². The molecule has 25 heavy (non-hydrogen) atoms. The molecule has 134 valence electrons. The van der Waals surface area contributed by atoms with Gasteiger partial charge >= 0.3 is 0 Å². The molecule has 3 saturated heterocycles. The highest BCUT2D eigenvalue weighted by Crippen LogP contribution is 2.33. The van der Waals surface area contributed by atoms with E-state index in [1.54, 1.807) is 11.0 Å². The van der Waals surface area contributed by atoms with E-state index in [4.69, 9.17) is 11.6 Å². The number of benzene rings is 1. The molecule has 4 aliphatic rings. The highest BCUT2D eigenvalue weighted by atomic mass is 35.5. The van der Waals surface area contributed by atoms with Crippen molar-refractivity contribution in [2.24, 2.45) is 11.8 Å². The summed E-state index contributed by atoms with van der Waals surface area (Å²) >= 11 is 5.79. The highest BCUT2D eigenvalue weighted by Gasteiger charge is 2.41. The number of halogens is 2. The summed E-state index contributed by atoms with van der Waals surface area (Å²) in [6.45, 7) is 1.89. The smallest absolute Gasteiger partial charge is 0.257 e. The van der Waals surface area contributed by atoms with Crippen LogP contribution < -0.4 is 0 Å². The van der Waals surface area contributed by atoms with E-state index in [2.05, 4.69) is 0 Å². The molecule has 6 heteroatoms. The summed E-state index contributed by atoms with van der Waals surface area (Å²) in [5.74, 6) is -0.172. The number of hydrogen-bond donors (Lipinski definition) is 0. The summed E-state index contributed by atoms with van der Waals surface area (Å²) in [5, 5.41) is 0.281. The van der Waals surface area contributed by atoms with Gasteiger partial charge in [-0.15, -0.1) is 0 Å². The average molecular weight is 365 g/mol. The first-order valence-corrected chi connectivity index (χ1v) is 9.45. The third-order valence-corrected chi connectivity index (χ3v) is 6.14. The first-order valence-electron chi connectivity index (χ1n) is 9.07. The number of carbonyl (C=O) groups excluding carboxylic acids is 2. The van der Waals surface area contributed by atoms with E-state index in [0.29, 0.717) is 13.1 Å². The molecule has 0 spiro atoms. The van der Waals surface area contributed by atoms with E-state index < -0.39 is 5.82 Å². The Morgan fingerprint density at radius 3 is 2.56 bits per heavy atom. The maximum Gasteiger partial charge on any atom is 0.257 e. The van der Waals surface area contributed by atoms with Crippen molar-refractivity contribution in [2.45, 2.75) is 38.1 Å². The lowest BCUT2D eigenvalue weighted by Crippen LogP contribution is -2.48. The Labute approximate surface area is 151 Å². The van der Waals surface area contributed by atoms with Gasteiger partial charge < -0.3 is 9.80 Å². The Hall–Kier alpha value is -1.62. The predicted octanol–water partition coefficient (Wildman–Crippen LogP) is 3.34. The molecule has 4 fully saturated rings. The van der Waals surface area contributed by atoms with Crippen LogP contribution in [0.15, 0.2) is 18.2 Å². The lowest BCUT2D eigenvalue weighted by atomic mass is 9.84. The molecule has 2 atom stereocenters. The van der Waals surface area contributed by atoms with Gasteiger partial charge in [-0.05, 0) is 49.8 Å². The largest absolute Gasteiger partial charge is 0.340 e. The number of rotatable bonds is 2. The summed E-state index contributed by atoms with van der Waals surface area (Å²) in [4.78, 5) is 29.3. The van der Waals surface area contributed by atoms with Gasteiger partial charge in [0.15, 0.2) is 0 Å². The zero-order valence-electron chi connectivity index (χ0n) is 14.1. The van der Waals surface area contributed by atoms with Crippen LogP contribution in [-0.4, -0.2) is 47.3 Å². The molecule has 1 aliphatic carbocycles. The molecule has 1 saturated carbocycles. The van der Waals surface area contributed by atoms with Gasteiger partial charge in [0.05, 0.1) is 5.56 Å². The van der Waals surface area contributed by atoms with Crippen LogP contribution in [0.4, 0.5) is 4.39 Å². The maximum atomic E-state index is 14.2. The van der Waals surface area contributed by atoms with Gasteiger partial charge in [-0.1, -0.05) is 18.0 Å². The molecule has 3 aliphatic heterocycles. The van der Waals surface area contributed by atoms with Crippen molar-refractivity contribution in [3.05, 3.63) is 34.6 Å². The lowest BCUT2D eigenvalue weighted by Gasteiger charge is -2.36. The molecular weight excluding hydrogens is 343 g/mol. The van der Waals surface area contributed by atoms with Gasteiger partial charge in [0, 0.05) is 36.6 Å². The molecule has 1 aromatic rings. The van der Waals surface area contributed by atoms with Crippen LogP contribution in [0.2, 0.25) is 5.02 Å². The van der Waals surface area contributed by atoms with E-state index in [9.17, 15) is 14.0 Å². The summed E-state index contributed by atoms with van der Waals surface area (Å²) in [6, 6.07) is 4.15. The monoisotopic (exact) mass is 364 g/mol. The SMILES string of the molecule is O=C(C1CCC1)N1C[C@@H]2CC[C@H](C1)N(C(=O)c1ccc(Cl)cc1F)C2. The molecule has 5 rings (SSSR count). The fraction of sp³-hybridized carbons (Fsp3) is 0.579. The maximum absolute atomic E-state index is 14.2. The number of nitrogens with zero attached hydrogens (tertiary/aromatic N) is 2. The van der Waals surface area contributed by atoms with Crippen molar-refractivity contribution in [3.63, 3.8) is 0 Å². The van der Waals surface area contributed by atoms with E-state index in [-0.39, 0.29) is 40.3 Å².